The maximum absolute atomic E-state index is 7.11. The standard InChI is InChI=1S/C62H45NO2/c1-3-5-24-46(4-2)63(56-33-16-12-26-48(56)45-23-17-21-42(38-45)41-19-7-6-8-20-41)47-25-18-22-43(39-47)44-34-36-57-59(40-44)65-61-58(64-57)37-35-55-60(61)51-29-11-15-32-54(51)62(55)52-30-13-9-27-49(52)50-28-10-14-31-53(50)62/h3-37,39-40,42H,2,38H2,1H3/b5-3-,46-24+. The van der Waals surface area contributed by atoms with E-state index in [0.29, 0.717) is 17.4 Å². The lowest BCUT2D eigenvalue weighted by atomic mass is 9.70. The van der Waals surface area contributed by atoms with E-state index in [9.17, 15) is 0 Å². The summed E-state index contributed by atoms with van der Waals surface area (Å²) in [4.78, 5) is 2.33. The predicted molar refractivity (Wildman–Crippen MR) is 267 cm³/mol. The Morgan fingerprint density at radius 1 is 0.600 bits per heavy atom. The number of hydrogen-bond donors (Lipinski definition) is 0. The van der Waals surface area contributed by atoms with E-state index >= 15 is 0 Å². The van der Waals surface area contributed by atoms with Crippen molar-refractivity contribution in [2.24, 2.45) is 0 Å². The molecule has 0 saturated carbocycles. The van der Waals surface area contributed by atoms with Crippen molar-refractivity contribution in [1.82, 2.24) is 0 Å². The minimum Gasteiger partial charge on any atom is -0.449 e. The molecule has 1 atom stereocenters. The van der Waals surface area contributed by atoms with Crippen LogP contribution < -0.4 is 14.4 Å². The lowest BCUT2D eigenvalue weighted by Crippen LogP contribution is -2.25. The second-order valence-corrected chi connectivity index (χ2v) is 17.1. The minimum atomic E-state index is -0.468. The molecular weight excluding hydrogens is 791 g/mol. The molecular formula is C62H45NO2. The molecule has 8 aromatic carbocycles. The van der Waals surface area contributed by atoms with Gasteiger partial charge < -0.3 is 14.4 Å². The van der Waals surface area contributed by atoms with Crippen LogP contribution in [0.5, 0.6) is 23.0 Å². The van der Waals surface area contributed by atoms with E-state index in [4.69, 9.17) is 9.47 Å². The zero-order chi connectivity index (χ0) is 43.5. The third kappa shape index (κ3) is 6.04. The van der Waals surface area contributed by atoms with Crippen LogP contribution in [0, 0.1) is 0 Å². The van der Waals surface area contributed by atoms with Crippen molar-refractivity contribution in [3.05, 3.63) is 270 Å². The van der Waals surface area contributed by atoms with Gasteiger partial charge in [-0.15, -0.1) is 0 Å². The molecule has 0 radical (unpaired) electrons. The summed E-state index contributed by atoms with van der Waals surface area (Å²) >= 11 is 0. The van der Waals surface area contributed by atoms with Crippen LogP contribution >= 0.6 is 0 Å². The van der Waals surface area contributed by atoms with Crippen LogP contribution in [0.15, 0.2) is 237 Å². The molecule has 1 heterocycles. The number of anilines is 2. The number of para-hydroxylation sites is 1. The maximum atomic E-state index is 7.11. The zero-order valence-corrected chi connectivity index (χ0v) is 36.1. The highest BCUT2D eigenvalue weighted by atomic mass is 16.6. The largest absolute Gasteiger partial charge is 0.449 e. The Hall–Kier alpha value is -8.14. The molecule has 1 unspecified atom stereocenters. The summed E-state index contributed by atoms with van der Waals surface area (Å²) in [6, 6.07) is 65.5. The van der Waals surface area contributed by atoms with Gasteiger partial charge in [0.05, 0.1) is 11.1 Å². The normalized spacial score (nSPS) is 15.7. The van der Waals surface area contributed by atoms with Gasteiger partial charge in [0.15, 0.2) is 23.0 Å². The van der Waals surface area contributed by atoms with E-state index in [2.05, 4.69) is 224 Å². The van der Waals surface area contributed by atoms with Crippen molar-refractivity contribution in [2.45, 2.75) is 24.7 Å². The van der Waals surface area contributed by atoms with Crippen molar-refractivity contribution >= 4 is 16.9 Å². The van der Waals surface area contributed by atoms with Crippen LogP contribution in [0.4, 0.5) is 11.4 Å². The van der Waals surface area contributed by atoms with Crippen LogP contribution in [-0.4, -0.2) is 0 Å². The van der Waals surface area contributed by atoms with Gasteiger partial charge in [-0.3, -0.25) is 0 Å². The van der Waals surface area contributed by atoms with E-state index in [-0.39, 0.29) is 0 Å². The smallest absolute Gasteiger partial charge is 0.178 e. The summed E-state index contributed by atoms with van der Waals surface area (Å²) in [5.41, 5.74) is 18.4. The fourth-order valence-corrected chi connectivity index (χ4v) is 10.8. The average molecular weight is 836 g/mol. The summed E-state index contributed by atoms with van der Waals surface area (Å²) in [5.74, 6) is 3.15. The molecule has 8 aromatic rings. The van der Waals surface area contributed by atoms with Crippen LogP contribution in [0.1, 0.15) is 52.6 Å². The SMILES string of the molecule is C=C/C(=C\C=C/C)N(c1cccc(-c2ccc3c(c2)Oc2c(ccc4c2-c2ccccc2C42c4ccccc4-c4ccccc42)O3)c1)c1ccccc1C1=CC=CC(c2ccccc2)C1. The van der Waals surface area contributed by atoms with Crippen LogP contribution in [0.25, 0.3) is 39.0 Å². The Bertz CT molecular complexity index is 3300. The summed E-state index contributed by atoms with van der Waals surface area (Å²) in [7, 11) is 0. The van der Waals surface area contributed by atoms with E-state index in [1.807, 2.05) is 19.1 Å². The molecule has 3 nitrogen and oxygen atoms in total. The molecule has 1 spiro atoms. The van der Waals surface area contributed by atoms with Gasteiger partial charge >= 0.3 is 0 Å². The van der Waals surface area contributed by atoms with Crippen molar-refractivity contribution in [2.75, 3.05) is 4.90 Å². The lowest BCUT2D eigenvalue weighted by molar-refractivity contribution is 0.360. The highest BCUT2D eigenvalue weighted by Gasteiger charge is 2.53. The number of rotatable bonds is 8. The Balaban J connectivity index is 0.940. The Kier molecular flexibility index (Phi) is 9.24. The van der Waals surface area contributed by atoms with Gasteiger partial charge in [0.1, 0.15) is 0 Å². The maximum Gasteiger partial charge on any atom is 0.178 e. The number of ether oxygens (including phenoxy) is 2. The number of benzene rings is 8. The van der Waals surface area contributed by atoms with Crippen LogP contribution in [0.2, 0.25) is 0 Å². The number of nitrogens with zero attached hydrogens (tertiary/aromatic N) is 1. The lowest BCUT2D eigenvalue weighted by Gasteiger charge is -2.31. The third-order valence-electron chi connectivity index (χ3n) is 13.6. The number of allylic oxidation sites excluding steroid dienone is 8. The van der Waals surface area contributed by atoms with Crippen molar-refractivity contribution in [3.8, 4) is 56.4 Å². The first-order valence-corrected chi connectivity index (χ1v) is 22.5. The first-order valence-electron chi connectivity index (χ1n) is 22.5. The molecule has 0 N–H and O–H groups in total. The molecule has 0 bridgehead atoms. The van der Waals surface area contributed by atoms with Gasteiger partial charge in [-0.1, -0.05) is 183 Å². The van der Waals surface area contributed by atoms with Crippen molar-refractivity contribution < 1.29 is 9.47 Å². The van der Waals surface area contributed by atoms with Gasteiger partial charge in [-0.05, 0) is 123 Å². The first-order chi connectivity index (χ1) is 32.1. The molecule has 0 aromatic heterocycles. The summed E-state index contributed by atoms with van der Waals surface area (Å²) in [6.45, 7) is 6.35. The fourth-order valence-electron chi connectivity index (χ4n) is 10.8. The minimum absolute atomic E-state index is 0.300. The number of hydrogen-bond acceptors (Lipinski definition) is 3. The molecule has 0 fully saturated rings. The Morgan fingerprint density at radius 2 is 1.26 bits per heavy atom. The second-order valence-electron chi connectivity index (χ2n) is 17.1. The molecule has 1 aliphatic heterocycles. The number of fused-ring (bicyclic) bond motifs is 13. The van der Waals surface area contributed by atoms with Gasteiger partial charge in [-0.2, -0.15) is 0 Å². The molecule has 3 aliphatic carbocycles. The summed E-state index contributed by atoms with van der Waals surface area (Å²) < 4.78 is 13.9. The van der Waals surface area contributed by atoms with Crippen LogP contribution in [0.3, 0.4) is 0 Å². The molecule has 12 rings (SSSR count). The quantitative estimate of drug-likeness (QED) is 0.142. The Morgan fingerprint density at radius 3 is 2.02 bits per heavy atom. The molecule has 310 valence electrons. The van der Waals surface area contributed by atoms with Gasteiger partial charge in [-0.25, -0.2) is 0 Å². The van der Waals surface area contributed by atoms with Gasteiger partial charge in [0.25, 0.3) is 0 Å². The summed E-state index contributed by atoms with van der Waals surface area (Å²) in [5, 5.41) is 0. The van der Waals surface area contributed by atoms with Gasteiger partial charge in [0.2, 0.25) is 0 Å². The average Bonchev–Trinajstić information content (AvgIpc) is 3.85. The zero-order valence-electron chi connectivity index (χ0n) is 36.1. The van der Waals surface area contributed by atoms with Gasteiger partial charge in [0, 0.05) is 28.4 Å². The van der Waals surface area contributed by atoms with Crippen LogP contribution in [-0.2, 0) is 5.41 Å². The van der Waals surface area contributed by atoms with E-state index in [0.717, 1.165) is 51.7 Å². The topological polar surface area (TPSA) is 21.7 Å². The molecule has 65 heavy (non-hydrogen) atoms. The third-order valence-corrected chi connectivity index (χ3v) is 13.6. The molecule has 0 saturated heterocycles. The summed E-state index contributed by atoms with van der Waals surface area (Å²) in [6.07, 6.45) is 15.9. The monoisotopic (exact) mass is 835 g/mol. The van der Waals surface area contributed by atoms with E-state index in [1.165, 1.54) is 55.6 Å². The highest BCUT2D eigenvalue weighted by molar-refractivity contribution is 5.98. The second kappa shape index (κ2) is 15.6. The first kappa shape index (κ1) is 38.5. The van der Waals surface area contributed by atoms with E-state index in [1.54, 1.807) is 0 Å². The molecule has 4 aliphatic rings. The highest BCUT2D eigenvalue weighted by Crippen LogP contribution is 2.66. The van der Waals surface area contributed by atoms with Crippen molar-refractivity contribution in [3.63, 3.8) is 0 Å². The van der Waals surface area contributed by atoms with E-state index < -0.39 is 5.41 Å². The van der Waals surface area contributed by atoms with Crippen molar-refractivity contribution in [1.29, 1.82) is 0 Å². The molecule has 0 amide bonds. The predicted octanol–water partition coefficient (Wildman–Crippen LogP) is 16.5. The molecule has 3 heteroatoms. The fraction of sp³-hybridized carbons (Fsp3) is 0.0645. The Labute approximate surface area is 380 Å².